The lowest BCUT2D eigenvalue weighted by Crippen LogP contribution is -2.66. The van der Waals surface area contributed by atoms with Crippen LogP contribution in [0.1, 0.15) is 104 Å². The predicted octanol–water partition coefficient (Wildman–Crippen LogP) is 11.5. The first-order valence-corrected chi connectivity index (χ1v) is 22.9. The minimum Gasteiger partial charge on any atom is -0.312 e. The lowest BCUT2D eigenvalue weighted by atomic mass is 9.33. The van der Waals surface area contributed by atoms with Crippen molar-refractivity contribution in [2.45, 2.75) is 98.1 Å². The zero-order chi connectivity index (χ0) is 38.8. The third-order valence-electron chi connectivity index (χ3n) is 12.8. The van der Waals surface area contributed by atoms with Gasteiger partial charge >= 0.3 is 0 Å². The molecule has 4 heteroatoms. The minimum atomic E-state index is -2.16. The predicted molar refractivity (Wildman–Crippen MR) is 244 cm³/mol. The van der Waals surface area contributed by atoms with Crippen molar-refractivity contribution in [3.8, 4) is 0 Å². The maximum atomic E-state index is 2.60. The summed E-state index contributed by atoms with van der Waals surface area (Å²) in [6.45, 7) is 24.2. The average Bonchev–Trinajstić information content (AvgIpc) is 3.18. The molecule has 0 unspecified atom stereocenters. The summed E-state index contributed by atoms with van der Waals surface area (Å²) >= 11 is 0. The van der Waals surface area contributed by atoms with E-state index in [2.05, 4.69) is 212 Å². The second kappa shape index (κ2) is 14.4. The van der Waals surface area contributed by atoms with Crippen molar-refractivity contribution < 1.29 is 0 Å². The molecule has 0 aliphatic carbocycles. The highest BCUT2D eigenvalue weighted by atomic mass is 28.3. The van der Waals surface area contributed by atoms with E-state index in [9.17, 15) is 0 Å². The second-order valence-corrected chi connectivity index (χ2v) is 22.7. The molecular formula is C51H57BN2Si. The molecule has 0 saturated heterocycles. The Hall–Kier alpha value is -4.80. The van der Waals surface area contributed by atoms with Gasteiger partial charge in [0, 0.05) is 34.1 Å². The monoisotopic (exact) mass is 736 g/mol. The molecule has 2 nitrogen and oxygen atoms in total. The molecule has 55 heavy (non-hydrogen) atoms. The molecule has 0 radical (unpaired) electrons. The molecule has 2 heterocycles. The van der Waals surface area contributed by atoms with Crippen LogP contribution in [0.3, 0.4) is 0 Å². The van der Waals surface area contributed by atoms with Crippen molar-refractivity contribution in [3.63, 3.8) is 0 Å². The first-order chi connectivity index (χ1) is 26.5. The minimum absolute atomic E-state index is 0.0668. The Kier molecular flexibility index (Phi) is 9.70. The molecule has 0 N–H and O–H groups in total. The number of nitrogens with zero attached hydrogens (tertiary/aromatic N) is 2. The molecule has 2 aliphatic heterocycles. The van der Waals surface area contributed by atoms with E-state index in [-0.39, 0.29) is 6.71 Å². The summed E-state index contributed by atoms with van der Waals surface area (Å²) < 4.78 is 0. The van der Waals surface area contributed by atoms with E-state index in [1.165, 1.54) is 67.2 Å². The summed E-state index contributed by atoms with van der Waals surface area (Å²) in [5.41, 5.74) is 17.3. The molecule has 2 aliphatic rings. The number of rotatable bonds is 8. The molecule has 0 amide bonds. The quantitative estimate of drug-likeness (QED) is 0.143. The Morgan fingerprint density at radius 2 is 0.891 bits per heavy atom. The molecule has 8 rings (SSSR count). The Bertz CT molecular complexity index is 2270. The van der Waals surface area contributed by atoms with E-state index in [0.29, 0.717) is 28.8 Å². The van der Waals surface area contributed by atoms with Crippen LogP contribution in [0.4, 0.5) is 34.1 Å². The molecule has 278 valence electrons. The van der Waals surface area contributed by atoms with Gasteiger partial charge in [-0.25, -0.2) is 0 Å². The fourth-order valence-corrected chi connectivity index (χ4v) is 16.5. The third kappa shape index (κ3) is 5.82. The number of fused-ring (bicyclic) bond motifs is 4. The number of benzene rings is 6. The number of hydrogen-bond acceptors (Lipinski definition) is 2. The van der Waals surface area contributed by atoms with E-state index in [0.717, 1.165) is 0 Å². The molecule has 0 bridgehead atoms. The summed E-state index contributed by atoms with van der Waals surface area (Å²) in [4.78, 5) is 5.10. The van der Waals surface area contributed by atoms with Gasteiger partial charge in [0.15, 0.2) is 0 Å². The lowest BCUT2D eigenvalue weighted by Gasteiger charge is -2.49. The molecule has 0 atom stereocenters. The van der Waals surface area contributed by atoms with Gasteiger partial charge in [0.1, 0.15) is 8.07 Å². The smallest absolute Gasteiger partial charge is 0.247 e. The highest BCUT2D eigenvalue weighted by Crippen LogP contribution is 2.46. The average molecular weight is 737 g/mol. The Morgan fingerprint density at radius 3 is 1.42 bits per heavy atom. The van der Waals surface area contributed by atoms with E-state index in [1.54, 1.807) is 10.4 Å². The highest BCUT2D eigenvalue weighted by Gasteiger charge is 2.50. The molecule has 0 saturated carbocycles. The van der Waals surface area contributed by atoms with Crippen molar-refractivity contribution >= 4 is 75.7 Å². The van der Waals surface area contributed by atoms with Gasteiger partial charge in [0.05, 0.1) is 0 Å². The standard InChI is InChI=1S/C51H57BN2Si/c1-33(2)38-30-41(34(3)4)51(42(31-38)35(5)6)52-43-22-14-15-23-45(43)53(39-20-12-11-13-21-39)46-29-28-40(32-44(46)52)54-47-24-16-18-26-49(47)55(36(7)8,37(9)10)50-27-19-17-25-48(50)54/h11-37H,1-10H3. The van der Waals surface area contributed by atoms with Crippen molar-refractivity contribution in [2.75, 3.05) is 9.80 Å². The number of anilines is 6. The van der Waals surface area contributed by atoms with E-state index in [1.807, 2.05) is 0 Å². The van der Waals surface area contributed by atoms with Crippen molar-refractivity contribution in [2.24, 2.45) is 0 Å². The van der Waals surface area contributed by atoms with Gasteiger partial charge in [0.25, 0.3) is 0 Å². The first-order valence-electron chi connectivity index (χ1n) is 20.7. The summed E-state index contributed by atoms with van der Waals surface area (Å²) in [7, 11) is -2.16. The van der Waals surface area contributed by atoms with Gasteiger partial charge in [-0.1, -0.05) is 160 Å². The molecule has 6 aromatic rings. The van der Waals surface area contributed by atoms with Crippen LogP contribution in [-0.2, 0) is 0 Å². The zero-order valence-electron chi connectivity index (χ0n) is 34.6. The largest absolute Gasteiger partial charge is 0.312 e. The SMILES string of the molecule is CC(C)c1cc(C(C)C)c(B2c3ccccc3N(c3ccccc3)c3ccc(N4c5ccccc5[Si](C(C)C)(C(C)C)c5ccccc54)cc32)c(C(C)C)c1. The van der Waals surface area contributed by atoms with Gasteiger partial charge in [-0.3, -0.25) is 0 Å². The van der Waals surface area contributed by atoms with Crippen molar-refractivity contribution in [3.05, 3.63) is 150 Å². The van der Waals surface area contributed by atoms with Gasteiger partial charge in [-0.15, -0.1) is 0 Å². The molecule has 0 fully saturated rings. The number of para-hydroxylation sites is 4. The van der Waals surface area contributed by atoms with E-state index < -0.39 is 8.07 Å². The van der Waals surface area contributed by atoms with Gasteiger partial charge in [0.2, 0.25) is 6.71 Å². The maximum absolute atomic E-state index is 2.60. The summed E-state index contributed by atoms with van der Waals surface area (Å²) in [6, 6.07) is 51.3. The van der Waals surface area contributed by atoms with Crippen molar-refractivity contribution in [1.82, 2.24) is 0 Å². The van der Waals surface area contributed by atoms with E-state index in [4.69, 9.17) is 0 Å². The Labute approximate surface area is 332 Å². The molecule has 0 spiro atoms. The van der Waals surface area contributed by atoms with Crippen LogP contribution in [0.15, 0.2) is 133 Å². The second-order valence-electron chi connectivity index (χ2n) is 17.5. The Balaban J connectivity index is 1.46. The van der Waals surface area contributed by atoms with Crippen LogP contribution in [0.5, 0.6) is 0 Å². The maximum Gasteiger partial charge on any atom is 0.247 e. The fraction of sp³-hybridized carbons (Fsp3) is 0.294. The third-order valence-corrected chi connectivity index (χ3v) is 19.1. The highest BCUT2D eigenvalue weighted by molar-refractivity contribution is 7.06. The molecular weight excluding hydrogens is 679 g/mol. The van der Waals surface area contributed by atoms with Crippen molar-refractivity contribution in [1.29, 1.82) is 0 Å². The van der Waals surface area contributed by atoms with Crippen LogP contribution in [0.25, 0.3) is 0 Å². The van der Waals surface area contributed by atoms with Gasteiger partial charge in [-0.2, -0.15) is 0 Å². The van der Waals surface area contributed by atoms with Crippen LogP contribution in [0.2, 0.25) is 11.1 Å². The Morgan fingerprint density at radius 1 is 0.418 bits per heavy atom. The first kappa shape index (κ1) is 37.1. The number of hydrogen-bond donors (Lipinski definition) is 0. The van der Waals surface area contributed by atoms with Gasteiger partial charge in [-0.05, 0) is 115 Å². The normalized spacial score (nSPS) is 14.5. The molecule has 0 aromatic heterocycles. The lowest BCUT2D eigenvalue weighted by molar-refractivity contribution is 0.812. The topological polar surface area (TPSA) is 6.48 Å². The van der Waals surface area contributed by atoms with Crippen LogP contribution in [-0.4, -0.2) is 14.8 Å². The van der Waals surface area contributed by atoms with E-state index >= 15 is 0 Å². The van der Waals surface area contributed by atoms with Crippen LogP contribution < -0.4 is 36.6 Å². The van der Waals surface area contributed by atoms with Crippen LogP contribution >= 0.6 is 0 Å². The molecule has 6 aromatic carbocycles. The van der Waals surface area contributed by atoms with Gasteiger partial charge < -0.3 is 9.80 Å². The summed E-state index contributed by atoms with van der Waals surface area (Å²) in [5.74, 6) is 1.22. The fourth-order valence-electron chi connectivity index (χ4n) is 10.4. The summed E-state index contributed by atoms with van der Waals surface area (Å²) in [5, 5.41) is 3.11. The summed E-state index contributed by atoms with van der Waals surface area (Å²) in [6.07, 6.45) is 0. The van der Waals surface area contributed by atoms with Crippen LogP contribution in [0, 0.1) is 0 Å². The zero-order valence-corrected chi connectivity index (χ0v) is 35.6.